The van der Waals surface area contributed by atoms with Crippen LogP contribution in [0.4, 0.5) is 5.13 Å². The number of hydrogen-bond donors (Lipinski definition) is 1. The molecule has 9 heteroatoms. The molecule has 2 heterocycles. The molecular weight excluding hydrogens is 333 g/mol. The molecule has 1 aromatic rings. The van der Waals surface area contributed by atoms with Gasteiger partial charge in [0.2, 0.25) is 11.0 Å². The third kappa shape index (κ3) is 5.94. The summed E-state index contributed by atoms with van der Waals surface area (Å²) in [5.41, 5.74) is 5.68. The molecule has 2 N–H and O–H groups in total. The summed E-state index contributed by atoms with van der Waals surface area (Å²) in [6.45, 7) is 7.01. The van der Waals surface area contributed by atoms with E-state index >= 15 is 0 Å². The minimum atomic E-state index is 0. The van der Waals surface area contributed by atoms with Crippen LogP contribution in [0.2, 0.25) is 0 Å². The van der Waals surface area contributed by atoms with E-state index in [9.17, 15) is 4.79 Å². The van der Waals surface area contributed by atoms with Crippen LogP contribution in [0.3, 0.4) is 0 Å². The monoisotopic (exact) mass is 355 g/mol. The van der Waals surface area contributed by atoms with Gasteiger partial charge in [0.05, 0.1) is 0 Å². The Hall–Kier alpha value is -0.630. The zero-order valence-corrected chi connectivity index (χ0v) is 14.8. The van der Waals surface area contributed by atoms with Crippen LogP contribution >= 0.6 is 36.3 Å². The number of nitrogens with two attached hydrogens (primary N) is 1. The van der Waals surface area contributed by atoms with E-state index < -0.39 is 0 Å². The van der Waals surface area contributed by atoms with Gasteiger partial charge in [-0.25, -0.2) is 4.98 Å². The second kappa shape index (κ2) is 9.40. The molecule has 0 radical (unpaired) electrons. The number of aromatic nitrogens is 2. The fourth-order valence-electron chi connectivity index (χ4n) is 2.07. The zero-order valence-electron chi connectivity index (χ0n) is 12.3. The Labute approximate surface area is 142 Å². The van der Waals surface area contributed by atoms with Gasteiger partial charge in [0.1, 0.15) is 5.82 Å². The summed E-state index contributed by atoms with van der Waals surface area (Å²) in [5, 5.41) is 0.958. The molecule has 0 aliphatic carbocycles. The number of amides is 1. The van der Waals surface area contributed by atoms with Gasteiger partial charge < -0.3 is 15.5 Å². The fourth-order valence-corrected chi connectivity index (χ4v) is 2.80. The Balaban J connectivity index is 0.00000200. The molecule has 1 aromatic heterocycles. The molecule has 1 atom stereocenters. The first-order valence-electron chi connectivity index (χ1n) is 6.65. The van der Waals surface area contributed by atoms with Gasteiger partial charge in [-0.1, -0.05) is 0 Å². The molecule has 1 amide bonds. The number of halogens is 2. The molecule has 21 heavy (non-hydrogen) atoms. The summed E-state index contributed by atoms with van der Waals surface area (Å²) in [6.07, 6.45) is 1.31. The molecule has 1 unspecified atom stereocenters. The van der Waals surface area contributed by atoms with Gasteiger partial charge in [-0.2, -0.15) is 4.37 Å². The number of rotatable bonds is 4. The van der Waals surface area contributed by atoms with Gasteiger partial charge >= 0.3 is 0 Å². The summed E-state index contributed by atoms with van der Waals surface area (Å²) >= 11 is 1.42. The van der Waals surface area contributed by atoms with Crippen molar-refractivity contribution in [1.82, 2.24) is 14.3 Å². The predicted molar refractivity (Wildman–Crippen MR) is 90.8 cm³/mol. The first kappa shape index (κ1) is 20.4. The lowest BCUT2D eigenvalue weighted by Gasteiger charge is -2.34. The summed E-state index contributed by atoms with van der Waals surface area (Å²) < 4.78 is 4.19. The Morgan fingerprint density at radius 1 is 1.33 bits per heavy atom. The minimum Gasteiger partial charge on any atom is -0.343 e. The SMILES string of the molecule is Cc1nsc(N2CCN(C(=O)CCC(C)N)CC2)n1.Cl.Cl. The average Bonchev–Trinajstić information content (AvgIpc) is 2.83. The van der Waals surface area contributed by atoms with E-state index in [1.165, 1.54) is 11.5 Å². The highest BCUT2D eigenvalue weighted by Crippen LogP contribution is 2.18. The topological polar surface area (TPSA) is 75.4 Å². The molecular formula is C12H23Cl2N5OS. The van der Waals surface area contributed by atoms with Crippen molar-refractivity contribution < 1.29 is 4.79 Å². The summed E-state index contributed by atoms with van der Waals surface area (Å²) in [7, 11) is 0. The Morgan fingerprint density at radius 3 is 2.43 bits per heavy atom. The second-order valence-corrected chi connectivity index (χ2v) is 5.74. The van der Waals surface area contributed by atoms with Gasteiger partial charge in [-0.05, 0) is 20.3 Å². The smallest absolute Gasteiger partial charge is 0.222 e. The van der Waals surface area contributed by atoms with Crippen molar-refractivity contribution in [2.24, 2.45) is 5.73 Å². The highest BCUT2D eigenvalue weighted by Gasteiger charge is 2.22. The van der Waals surface area contributed by atoms with E-state index in [1.807, 2.05) is 18.7 Å². The lowest BCUT2D eigenvalue weighted by molar-refractivity contribution is -0.131. The van der Waals surface area contributed by atoms with Crippen molar-refractivity contribution in [2.75, 3.05) is 31.1 Å². The normalized spacial score (nSPS) is 16.0. The standard InChI is InChI=1S/C12H21N5OS.2ClH/c1-9(13)3-4-11(18)16-5-7-17(8-6-16)12-14-10(2)15-19-12;;/h9H,3-8,13H2,1-2H3;2*1H. The third-order valence-electron chi connectivity index (χ3n) is 3.23. The fraction of sp³-hybridized carbons (Fsp3) is 0.750. The van der Waals surface area contributed by atoms with E-state index in [0.29, 0.717) is 6.42 Å². The number of anilines is 1. The van der Waals surface area contributed by atoms with Gasteiger partial charge in [0.25, 0.3) is 0 Å². The number of aryl methyl sites for hydroxylation is 1. The van der Waals surface area contributed by atoms with Crippen LogP contribution in [0.1, 0.15) is 25.6 Å². The first-order valence-corrected chi connectivity index (χ1v) is 7.42. The van der Waals surface area contributed by atoms with Crippen molar-refractivity contribution in [3.8, 4) is 0 Å². The molecule has 0 aromatic carbocycles. The molecule has 1 aliphatic rings. The van der Waals surface area contributed by atoms with E-state index in [0.717, 1.165) is 43.6 Å². The Bertz CT molecular complexity index is 435. The van der Waals surface area contributed by atoms with E-state index in [-0.39, 0.29) is 36.8 Å². The molecule has 2 rings (SSSR count). The van der Waals surface area contributed by atoms with Gasteiger partial charge in [-0.15, -0.1) is 24.8 Å². The van der Waals surface area contributed by atoms with E-state index in [1.54, 1.807) is 0 Å². The maximum atomic E-state index is 12.0. The molecule has 6 nitrogen and oxygen atoms in total. The van der Waals surface area contributed by atoms with Crippen LogP contribution in [0.15, 0.2) is 0 Å². The minimum absolute atomic E-state index is 0. The quantitative estimate of drug-likeness (QED) is 0.884. The summed E-state index contributed by atoms with van der Waals surface area (Å²) in [6, 6.07) is 0.0922. The molecule has 0 spiro atoms. The predicted octanol–water partition coefficient (Wildman–Crippen LogP) is 1.47. The van der Waals surface area contributed by atoms with Crippen LogP contribution in [-0.4, -0.2) is 52.4 Å². The number of nitrogens with zero attached hydrogens (tertiary/aromatic N) is 4. The first-order chi connectivity index (χ1) is 9.06. The van der Waals surface area contributed by atoms with Crippen LogP contribution in [0.5, 0.6) is 0 Å². The zero-order chi connectivity index (χ0) is 13.8. The van der Waals surface area contributed by atoms with Crippen molar-refractivity contribution in [3.05, 3.63) is 5.82 Å². The number of piperazine rings is 1. The molecule has 1 saturated heterocycles. The van der Waals surface area contributed by atoms with Gasteiger partial charge in [0, 0.05) is 50.2 Å². The van der Waals surface area contributed by atoms with Gasteiger partial charge in [0.15, 0.2) is 0 Å². The molecule has 122 valence electrons. The molecule has 0 saturated carbocycles. The molecule has 1 fully saturated rings. The number of carbonyl (C=O) groups is 1. The third-order valence-corrected chi connectivity index (χ3v) is 4.10. The van der Waals surface area contributed by atoms with Gasteiger partial charge in [-0.3, -0.25) is 4.79 Å². The van der Waals surface area contributed by atoms with Crippen molar-refractivity contribution in [3.63, 3.8) is 0 Å². The Morgan fingerprint density at radius 2 is 1.95 bits per heavy atom. The highest BCUT2D eigenvalue weighted by atomic mass is 35.5. The van der Waals surface area contributed by atoms with Crippen molar-refractivity contribution in [2.45, 2.75) is 32.7 Å². The second-order valence-electron chi connectivity index (χ2n) is 5.01. The number of hydrogen-bond acceptors (Lipinski definition) is 6. The lowest BCUT2D eigenvalue weighted by Crippen LogP contribution is -2.48. The summed E-state index contributed by atoms with van der Waals surface area (Å²) in [4.78, 5) is 20.5. The maximum absolute atomic E-state index is 12.0. The highest BCUT2D eigenvalue weighted by molar-refractivity contribution is 7.09. The lowest BCUT2D eigenvalue weighted by atomic mass is 10.1. The van der Waals surface area contributed by atoms with Crippen LogP contribution in [0.25, 0.3) is 0 Å². The average molecular weight is 356 g/mol. The number of carbonyl (C=O) groups excluding carboxylic acids is 1. The van der Waals surface area contributed by atoms with Crippen LogP contribution < -0.4 is 10.6 Å². The van der Waals surface area contributed by atoms with E-state index in [2.05, 4.69) is 14.3 Å². The summed E-state index contributed by atoms with van der Waals surface area (Å²) in [5.74, 6) is 1.03. The molecule has 0 bridgehead atoms. The van der Waals surface area contributed by atoms with Crippen molar-refractivity contribution >= 4 is 47.4 Å². The van der Waals surface area contributed by atoms with Crippen molar-refractivity contribution in [1.29, 1.82) is 0 Å². The molecule has 1 aliphatic heterocycles. The Kier molecular flexibility index (Phi) is 9.12. The van der Waals surface area contributed by atoms with Crippen LogP contribution in [0, 0.1) is 6.92 Å². The van der Waals surface area contributed by atoms with E-state index in [4.69, 9.17) is 5.73 Å². The largest absolute Gasteiger partial charge is 0.343 e. The van der Waals surface area contributed by atoms with Crippen LogP contribution in [-0.2, 0) is 4.79 Å². The maximum Gasteiger partial charge on any atom is 0.222 e.